The van der Waals surface area contributed by atoms with Gasteiger partial charge in [0.05, 0.1) is 12.1 Å². The molecule has 0 saturated heterocycles. The molecule has 0 bridgehead atoms. The van der Waals surface area contributed by atoms with Crippen molar-refractivity contribution >= 4 is 16.8 Å². The Morgan fingerprint density at radius 1 is 1.31 bits per heavy atom. The van der Waals surface area contributed by atoms with E-state index in [0.717, 1.165) is 10.9 Å². The average molecular weight is 360 g/mol. The van der Waals surface area contributed by atoms with E-state index in [1.165, 1.54) is 0 Å². The van der Waals surface area contributed by atoms with E-state index in [-0.39, 0.29) is 37.1 Å². The van der Waals surface area contributed by atoms with Crippen LogP contribution in [0.25, 0.3) is 10.9 Å². The van der Waals surface area contributed by atoms with Gasteiger partial charge in [0.1, 0.15) is 0 Å². The highest BCUT2D eigenvalue weighted by Gasteiger charge is 2.36. The lowest BCUT2D eigenvalue weighted by Gasteiger charge is -2.26. The smallest absolute Gasteiger partial charge is 0.253 e. The van der Waals surface area contributed by atoms with Crippen LogP contribution in [0.2, 0.25) is 0 Å². The first kappa shape index (κ1) is 16.7. The molecule has 4 rings (SSSR count). The molecular formula is C18H18F2N4O2. The van der Waals surface area contributed by atoms with Crippen molar-refractivity contribution in [3.63, 3.8) is 0 Å². The van der Waals surface area contributed by atoms with Crippen molar-refractivity contribution in [3.05, 3.63) is 47.7 Å². The van der Waals surface area contributed by atoms with E-state index in [1.54, 1.807) is 6.20 Å². The van der Waals surface area contributed by atoms with Crippen LogP contribution >= 0.6 is 0 Å². The number of amides is 1. The van der Waals surface area contributed by atoms with Crippen molar-refractivity contribution in [2.75, 3.05) is 0 Å². The van der Waals surface area contributed by atoms with Crippen LogP contribution < -0.4 is 5.32 Å². The molecule has 0 aliphatic heterocycles. The number of halogens is 2. The number of aromatic amines is 1. The zero-order chi connectivity index (χ0) is 18.1. The Morgan fingerprint density at radius 3 is 2.88 bits per heavy atom. The molecule has 1 aliphatic rings. The predicted molar refractivity (Wildman–Crippen MR) is 89.9 cm³/mol. The van der Waals surface area contributed by atoms with Crippen molar-refractivity contribution in [1.82, 2.24) is 20.4 Å². The fourth-order valence-electron chi connectivity index (χ4n) is 3.31. The van der Waals surface area contributed by atoms with Crippen molar-refractivity contribution in [3.8, 4) is 0 Å². The first-order valence-electron chi connectivity index (χ1n) is 8.56. The second-order valence-electron chi connectivity index (χ2n) is 6.61. The lowest BCUT2D eigenvalue weighted by molar-refractivity contribution is -0.0389. The summed E-state index contributed by atoms with van der Waals surface area (Å²) in [6, 6.07) is 7.51. The minimum absolute atomic E-state index is 0.0915. The first-order valence-corrected chi connectivity index (χ1v) is 8.56. The molecular weight excluding hydrogens is 342 g/mol. The van der Waals surface area contributed by atoms with Crippen LogP contribution in [-0.2, 0) is 6.54 Å². The monoisotopic (exact) mass is 360 g/mol. The summed E-state index contributed by atoms with van der Waals surface area (Å²) in [6.45, 7) is 0.0915. The maximum absolute atomic E-state index is 13.2. The number of para-hydroxylation sites is 1. The highest BCUT2D eigenvalue weighted by atomic mass is 19.3. The van der Waals surface area contributed by atoms with Crippen molar-refractivity contribution < 1.29 is 18.1 Å². The molecule has 1 aliphatic carbocycles. The summed E-state index contributed by atoms with van der Waals surface area (Å²) < 4.78 is 31.6. The first-order chi connectivity index (χ1) is 12.5. The van der Waals surface area contributed by atoms with Gasteiger partial charge in [0.25, 0.3) is 5.91 Å². The summed E-state index contributed by atoms with van der Waals surface area (Å²) in [4.78, 5) is 19.7. The standard InChI is InChI=1S/C18H18F2N4O2/c19-18(20)7-5-11(6-8-18)16-23-15(26-24-16)10-22-17(25)13-9-21-14-4-2-1-3-12(13)14/h1-4,9,11,21H,5-8,10H2,(H,22,25). The van der Waals surface area contributed by atoms with Crippen LogP contribution in [-0.4, -0.2) is 27.0 Å². The highest BCUT2D eigenvalue weighted by Crippen LogP contribution is 2.39. The average Bonchev–Trinajstić information content (AvgIpc) is 3.27. The topological polar surface area (TPSA) is 83.8 Å². The van der Waals surface area contributed by atoms with Gasteiger partial charge in [-0.1, -0.05) is 23.4 Å². The Hall–Kier alpha value is -2.77. The van der Waals surface area contributed by atoms with Crippen LogP contribution in [0, 0.1) is 0 Å². The lowest BCUT2D eigenvalue weighted by Crippen LogP contribution is -2.24. The van der Waals surface area contributed by atoms with Gasteiger partial charge in [-0.25, -0.2) is 8.78 Å². The number of nitrogens with zero attached hydrogens (tertiary/aromatic N) is 2. The van der Waals surface area contributed by atoms with Gasteiger partial charge in [0.15, 0.2) is 5.82 Å². The number of carbonyl (C=O) groups excluding carboxylic acids is 1. The van der Waals surface area contributed by atoms with E-state index in [1.807, 2.05) is 24.3 Å². The summed E-state index contributed by atoms with van der Waals surface area (Å²) in [7, 11) is 0. The fraction of sp³-hybridized carbons (Fsp3) is 0.389. The fourth-order valence-corrected chi connectivity index (χ4v) is 3.31. The van der Waals surface area contributed by atoms with Gasteiger partial charge < -0.3 is 14.8 Å². The largest absolute Gasteiger partial charge is 0.360 e. The molecule has 2 N–H and O–H groups in total. The Morgan fingerprint density at radius 2 is 2.08 bits per heavy atom. The van der Waals surface area contributed by atoms with Crippen LogP contribution in [0.1, 0.15) is 53.7 Å². The van der Waals surface area contributed by atoms with Gasteiger partial charge >= 0.3 is 0 Å². The van der Waals surface area contributed by atoms with Gasteiger partial charge in [0, 0.05) is 35.9 Å². The van der Waals surface area contributed by atoms with Crippen LogP contribution in [0.15, 0.2) is 35.0 Å². The van der Waals surface area contributed by atoms with Gasteiger partial charge in [-0.3, -0.25) is 4.79 Å². The zero-order valence-corrected chi connectivity index (χ0v) is 14.0. The number of hydrogen-bond donors (Lipinski definition) is 2. The summed E-state index contributed by atoms with van der Waals surface area (Å²) in [6.07, 6.45) is 2.03. The number of fused-ring (bicyclic) bond motifs is 1. The molecule has 2 aromatic heterocycles. The molecule has 0 radical (unpaired) electrons. The van der Waals surface area contributed by atoms with E-state index in [4.69, 9.17) is 4.52 Å². The number of nitrogens with one attached hydrogen (secondary N) is 2. The minimum atomic E-state index is -2.59. The second kappa shape index (κ2) is 6.51. The highest BCUT2D eigenvalue weighted by molar-refractivity contribution is 6.06. The van der Waals surface area contributed by atoms with Crippen molar-refractivity contribution in [1.29, 1.82) is 0 Å². The van der Waals surface area contributed by atoms with Crippen molar-refractivity contribution in [2.45, 2.75) is 44.1 Å². The molecule has 3 aromatic rings. The molecule has 1 aromatic carbocycles. The number of H-pyrrole nitrogens is 1. The molecule has 1 amide bonds. The quantitative estimate of drug-likeness (QED) is 0.742. The molecule has 0 unspecified atom stereocenters. The molecule has 1 saturated carbocycles. The lowest BCUT2D eigenvalue weighted by atomic mass is 9.86. The maximum Gasteiger partial charge on any atom is 0.253 e. The number of alkyl halides is 2. The number of aromatic nitrogens is 3. The molecule has 136 valence electrons. The molecule has 26 heavy (non-hydrogen) atoms. The third-order valence-electron chi connectivity index (χ3n) is 4.80. The molecule has 8 heteroatoms. The number of carbonyl (C=O) groups is 1. The summed E-state index contributed by atoms with van der Waals surface area (Å²) in [5, 5.41) is 7.47. The Balaban J connectivity index is 1.38. The minimum Gasteiger partial charge on any atom is -0.360 e. The number of benzene rings is 1. The van der Waals surface area contributed by atoms with Gasteiger partial charge in [-0.2, -0.15) is 4.98 Å². The van der Waals surface area contributed by atoms with Gasteiger partial charge in [-0.15, -0.1) is 0 Å². The van der Waals surface area contributed by atoms with Gasteiger partial charge in [0.2, 0.25) is 11.8 Å². The summed E-state index contributed by atoms with van der Waals surface area (Å²) in [5.74, 6) is -2.24. The van der Waals surface area contributed by atoms with E-state index in [9.17, 15) is 13.6 Å². The van der Waals surface area contributed by atoms with Crippen LogP contribution in [0.5, 0.6) is 0 Å². The van der Waals surface area contributed by atoms with Crippen LogP contribution in [0.4, 0.5) is 8.78 Å². The second-order valence-corrected chi connectivity index (χ2v) is 6.61. The van der Waals surface area contributed by atoms with E-state index >= 15 is 0 Å². The molecule has 0 atom stereocenters. The molecule has 2 heterocycles. The van der Waals surface area contributed by atoms with E-state index in [0.29, 0.717) is 24.2 Å². The maximum atomic E-state index is 13.2. The Kier molecular flexibility index (Phi) is 4.18. The van der Waals surface area contributed by atoms with Crippen LogP contribution in [0.3, 0.4) is 0 Å². The van der Waals surface area contributed by atoms with E-state index < -0.39 is 5.92 Å². The summed E-state index contributed by atoms with van der Waals surface area (Å²) >= 11 is 0. The zero-order valence-electron chi connectivity index (χ0n) is 14.0. The Labute approximate surface area is 148 Å². The third-order valence-corrected chi connectivity index (χ3v) is 4.80. The van der Waals surface area contributed by atoms with Gasteiger partial charge in [-0.05, 0) is 18.9 Å². The predicted octanol–water partition coefficient (Wildman–Crippen LogP) is 3.77. The number of hydrogen-bond acceptors (Lipinski definition) is 4. The molecule has 1 fully saturated rings. The third kappa shape index (κ3) is 3.31. The molecule has 6 nitrogen and oxygen atoms in total. The normalized spacial score (nSPS) is 17.5. The Bertz CT molecular complexity index is 924. The molecule has 0 spiro atoms. The van der Waals surface area contributed by atoms with Crippen molar-refractivity contribution in [2.24, 2.45) is 0 Å². The summed E-state index contributed by atoms with van der Waals surface area (Å²) in [5.41, 5.74) is 1.42. The SMILES string of the molecule is O=C(NCc1nc(C2CCC(F)(F)CC2)no1)c1c[nH]c2ccccc12. The van der Waals surface area contributed by atoms with E-state index in [2.05, 4.69) is 20.4 Å². The number of rotatable bonds is 4.